The molecule has 0 bridgehead atoms. The van der Waals surface area contributed by atoms with Crippen molar-refractivity contribution in [2.75, 3.05) is 0 Å². The highest BCUT2D eigenvalue weighted by atomic mass is 16.4. The lowest BCUT2D eigenvalue weighted by Crippen LogP contribution is -2.57. The Morgan fingerprint density at radius 3 is 2.82 bits per heavy atom. The van der Waals surface area contributed by atoms with Gasteiger partial charge < -0.3 is 10.4 Å². The van der Waals surface area contributed by atoms with Crippen molar-refractivity contribution in [2.45, 2.75) is 25.6 Å². The maximum Gasteiger partial charge on any atom is 0.321 e. The van der Waals surface area contributed by atoms with Crippen LogP contribution in [-0.4, -0.2) is 29.2 Å². The Hall–Kier alpha value is -1.10. The Bertz CT molecular complexity index is 192. The number of aliphatic carboxylic acids is 1. The fourth-order valence-corrected chi connectivity index (χ4v) is 1.05. The number of hydrogen-bond donors (Lipinski definition) is 3. The summed E-state index contributed by atoms with van der Waals surface area (Å²) in [6, 6.07) is -0.737. The van der Waals surface area contributed by atoms with E-state index in [1.54, 1.807) is 6.92 Å². The van der Waals surface area contributed by atoms with Gasteiger partial charge in [-0.05, 0) is 6.92 Å². The summed E-state index contributed by atoms with van der Waals surface area (Å²) in [5, 5.41) is 13.8. The fourth-order valence-electron chi connectivity index (χ4n) is 1.05. The van der Waals surface area contributed by atoms with Crippen LogP contribution in [0.25, 0.3) is 0 Å². The number of nitrogens with one attached hydrogen (secondary N) is 2. The molecule has 1 saturated heterocycles. The SMILES string of the molecule is CC1NC(=O)CC(C(=O)O)N1. The first-order valence-electron chi connectivity index (χ1n) is 3.38. The average Bonchev–Trinajstić information content (AvgIpc) is 1.85. The van der Waals surface area contributed by atoms with E-state index in [0.29, 0.717) is 0 Å². The smallest absolute Gasteiger partial charge is 0.321 e. The molecule has 5 heteroatoms. The third-order valence-corrected chi connectivity index (χ3v) is 1.52. The first-order chi connectivity index (χ1) is 5.09. The Morgan fingerprint density at radius 2 is 2.36 bits per heavy atom. The summed E-state index contributed by atoms with van der Waals surface area (Å²) in [5.74, 6) is -1.20. The van der Waals surface area contributed by atoms with Gasteiger partial charge in [0.2, 0.25) is 5.91 Å². The van der Waals surface area contributed by atoms with Gasteiger partial charge in [0.25, 0.3) is 0 Å². The van der Waals surface area contributed by atoms with Crippen LogP contribution in [0.2, 0.25) is 0 Å². The lowest BCUT2D eigenvalue weighted by atomic mass is 10.1. The first kappa shape index (κ1) is 8.00. The van der Waals surface area contributed by atoms with Crippen molar-refractivity contribution in [1.29, 1.82) is 0 Å². The van der Waals surface area contributed by atoms with Gasteiger partial charge in [0.15, 0.2) is 0 Å². The van der Waals surface area contributed by atoms with Crippen LogP contribution >= 0.6 is 0 Å². The van der Waals surface area contributed by atoms with Crippen molar-refractivity contribution in [3.8, 4) is 0 Å². The Morgan fingerprint density at radius 1 is 1.73 bits per heavy atom. The van der Waals surface area contributed by atoms with Crippen molar-refractivity contribution >= 4 is 11.9 Å². The highest BCUT2D eigenvalue weighted by molar-refractivity contribution is 5.85. The summed E-state index contributed by atoms with van der Waals surface area (Å²) in [6.07, 6.45) is -0.239. The maximum absolute atomic E-state index is 10.8. The molecule has 0 radical (unpaired) electrons. The maximum atomic E-state index is 10.8. The molecule has 11 heavy (non-hydrogen) atoms. The minimum Gasteiger partial charge on any atom is -0.480 e. The zero-order valence-corrected chi connectivity index (χ0v) is 6.13. The van der Waals surface area contributed by atoms with Crippen LogP contribution in [-0.2, 0) is 9.59 Å². The van der Waals surface area contributed by atoms with Crippen LogP contribution in [0.3, 0.4) is 0 Å². The van der Waals surface area contributed by atoms with Crippen molar-refractivity contribution < 1.29 is 14.7 Å². The minimum atomic E-state index is -0.980. The zero-order valence-electron chi connectivity index (χ0n) is 6.13. The van der Waals surface area contributed by atoms with Crippen molar-refractivity contribution in [1.82, 2.24) is 10.6 Å². The number of carboxylic acid groups (broad SMARTS) is 1. The molecule has 0 aromatic carbocycles. The molecule has 1 fully saturated rings. The molecule has 5 nitrogen and oxygen atoms in total. The monoisotopic (exact) mass is 158 g/mol. The van der Waals surface area contributed by atoms with Gasteiger partial charge in [0.1, 0.15) is 6.04 Å². The van der Waals surface area contributed by atoms with Crippen molar-refractivity contribution in [2.24, 2.45) is 0 Å². The predicted octanol–water partition coefficient (Wildman–Crippen LogP) is -1.10. The third-order valence-electron chi connectivity index (χ3n) is 1.52. The van der Waals surface area contributed by atoms with Crippen LogP contribution in [0.4, 0.5) is 0 Å². The molecule has 62 valence electrons. The van der Waals surface area contributed by atoms with Gasteiger partial charge >= 0.3 is 5.97 Å². The molecule has 0 aromatic heterocycles. The predicted molar refractivity (Wildman–Crippen MR) is 36.8 cm³/mol. The zero-order chi connectivity index (χ0) is 8.43. The van der Waals surface area contributed by atoms with Gasteiger partial charge in [-0.25, -0.2) is 0 Å². The van der Waals surface area contributed by atoms with E-state index in [1.807, 2.05) is 0 Å². The molecule has 2 unspecified atom stereocenters. The molecule has 1 rings (SSSR count). The van der Waals surface area contributed by atoms with E-state index in [-0.39, 0.29) is 18.5 Å². The molecule has 2 atom stereocenters. The molecule has 0 spiro atoms. The van der Waals surface area contributed by atoms with E-state index in [9.17, 15) is 9.59 Å². The summed E-state index contributed by atoms with van der Waals surface area (Å²) >= 11 is 0. The van der Waals surface area contributed by atoms with E-state index < -0.39 is 12.0 Å². The summed E-state index contributed by atoms with van der Waals surface area (Å²) < 4.78 is 0. The molecule has 1 heterocycles. The van der Waals surface area contributed by atoms with Gasteiger partial charge in [-0.15, -0.1) is 0 Å². The molecule has 3 N–H and O–H groups in total. The minimum absolute atomic E-state index is 0.0136. The van der Waals surface area contributed by atoms with E-state index >= 15 is 0 Å². The van der Waals surface area contributed by atoms with E-state index in [4.69, 9.17) is 5.11 Å². The summed E-state index contributed by atoms with van der Waals surface area (Å²) in [5.41, 5.74) is 0. The van der Waals surface area contributed by atoms with Crippen LogP contribution in [0.15, 0.2) is 0 Å². The van der Waals surface area contributed by atoms with Crippen LogP contribution in [0, 0.1) is 0 Å². The Balaban J connectivity index is 2.56. The fraction of sp³-hybridized carbons (Fsp3) is 0.667. The van der Waals surface area contributed by atoms with E-state index in [1.165, 1.54) is 0 Å². The third kappa shape index (κ3) is 1.91. The second kappa shape index (κ2) is 2.87. The highest BCUT2D eigenvalue weighted by Gasteiger charge is 2.27. The first-order valence-corrected chi connectivity index (χ1v) is 3.38. The molecule has 1 aliphatic rings. The molecule has 0 saturated carbocycles. The van der Waals surface area contributed by atoms with Gasteiger partial charge in [-0.1, -0.05) is 0 Å². The van der Waals surface area contributed by atoms with Gasteiger partial charge in [0, 0.05) is 0 Å². The van der Waals surface area contributed by atoms with Crippen LogP contribution in [0.5, 0.6) is 0 Å². The number of hydrogen-bond acceptors (Lipinski definition) is 3. The number of carbonyl (C=O) groups is 2. The summed E-state index contributed by atoms with van der Waals surface area (Å²) in [7, 11) is 0. The Labute approximate surface area is 63.8 Å². The van der Waals surface area contributed by atoms with E-state index in [2.05, 4.69) is 10.6 Å². The molecule has 0 aromatic rings. The lowest BCUT2D eigenvalue weighted by Gasteiger charge is -2.26. The van der Waals surface area contributed by atoms with Crippen LogP contribution in [0.1, 0.15) is 13.3 Å². The summed E-state index contributed by atoms with van der Waals surface area (Å²) in [4.78, 5) is 21.2. The second-order valence-corrected chi connectivity index (χ2v) is 2.55. The average molecular weight is 158 g/mol. The van der Waals surface area contributed by atoms with Gasteiger partial charge in [-0.3, -0.25) is 14.9 Å². The molecular weight excluding hydrogens is 148 g/mol. The number of carboxylic acids is 1. The number of carbonyl (C=O) groups excluding carboxylic acids is 1. The highest BCUT2D eigenvalue weighted by Crippen LogP contribution is 1.99. The van der Waals surface area contributed by atoms with E-state index in [0.717, 1.165) is 0 Å². The normalized spacial score (nSPS) is 31.2. The number of rotatable bonds is 1. The van der Waals surface area contributed by atoms with Crippen molar-refractivity contribution in [3.63, 3.8) is 0 Å². The van der Waals surface area contributed by atoms with Crippen LogP contribution < -0.4 is 10.6 Å². The quantitative estimate of drug-likeness (QED) is 0.452. The second-order valence-electron chi connectivity index (χ2n) is 2.55. The molecule has 0 aliphatic carbocycles. The lowest BCUT2D eigenvalue weighted by molar-refractivity contribution is -0.143. The van der Waals surface area contributed by atoms with Crippen molar-refractivity contribution in [3.05, 3.63) is 0 Å². The standard InChI is InChI=1S/C6H10N2O3/c1-3-7-4(6(10)11)2-5(9)8-3/h3-4,7H,2H2,1H3,(H,8,9)(H,10,11). The molecular formula is C6H10N2O3. The molecule has 1 amide bonds. The van der Waals surface area contributed by atoms with Gasteiger partial charge in [0.05, 0.1) is 12.6 Å². The van der Waals surface area contributed by atoms with Gasteiger partial charge in [-0.2, -0.15) is 0 Å². The molecule has 1 aliphatic heterocycles. The topological polar surface area (TPSA) is 78.4 Å². The largest absolute Gasteiger partial charge is 0.480 e. The number of amides is 1. The summed E-state index contributed by atoms with van der Waals surface area (Å²) in [6.45, 7) is 1.70. The Kier molecular flexibility index (Phi) is 2.09.